The predicted molar refractivity (Wildman–Crippen MR) is 97.4 cm³/mol. The number of hydrogen-bond acceptors (Lipinski definition) is 2. The lowest BCUT2D eigenvalue weighted by atomic mass is 10.1. The summed E-state index contributed by atoms with van der Waals surface area (Å²) in [7, 11) is -1.91. The van der Waals surface area contributed by atoms with E-state index in [1.165, 1.54) is 0 Å². The summed E-state index contributed by atoms with van der Waals surface area (Å²) in [6, 6.07) is 7.76. The quantitative estimate of drug-likeness (QED) is 0.419. The summed E-state index contributed by atoms with van der Waals surface area (Å²) in [4.78, 5) is 11.9. The summed E-state index contributed by atoms with van der Waals surface area (Å²) in [5, 5.41) is 0. The second-order valence-electron chi connectivity index (χ2n) is 7.12. The van der Waals surface area contributed by atoms with Crippen molar-refractivity contribution in [2.75, 3.05) is 0 Å². The highest BCUT2D eigenvalue weighted by Gasteiger charge is 2.46. The van der Waals surface area contributed by atoms with Crippen molar-refractivity contribution < 1.29 is 9.22 Å². The Bertz CT molecular complexity index is 453. The molecule has 0 unspecified atom stereocenters. The maximum atomic E-state index is 11.9. The monoisotopic (exact) mass is 320 g/mol. The fourth-order valence-electron chi connectivity index (χ4n) is 3.64. The average molecular weight is 321 g/mol. The molecule has 1 rings (SSSR count). The Morgan fingerprint density at radius 1 is 0.955 bits per heavy atom. The smallest absolute Gasteiger partial charge is 0.258 e. The van der Waals surface area contributed by atoms with Gasteiger partial charge < -0.3 is 4.43 Å². The molecule has 0 bridgehead atoms. The maximum absolute atomic E-state index is 11.9. The van der Waals surface area contributed by atoms with Gasteiger partial charge in [0.05, 0.1) is 0 Å². The molecule has 0 saturated carbocycles. The van der Waals surface area contributed by atoms with Crippen molar-refractivity contribution >= 4 is 14.1 Å². The summed E-state index contributed by atoms with van der Waals surface area (Å²) < 4.78 is 6.61. The molecule has 0 spiro atoms. The topological polar surface area (TPSA) is 26.3 Å². The van der Waals surface area contributed by atoms with Crippen LogP contribution in [0.15, 0.2) is 24.3 Å². The van der Waals surface area contributed by atoms with Gasteiger partial charge in [-0.2, -0.15) is 0 Å². The molecule has 3 heteroatoms. The number of Topliss-reactive ketones (excluding diaryl/α,β-unsaturated/α-hetero) is 1. The van der Waals surface area contributed by atoms with Gasteiger partial charge in [-0.3, -0.25) is 4.79 Å². The molecule has 0 amide bonds. The fraction of sp³-hybridized carbons (Fsp3) is 0.632. The minimum atomic E-state index is -1.91. The van der Waals surface area contributed by atoms with Crippen molar-refractivity contribution in [1.29, 1.82) is 0 Å². The number of carbonyl (C=O) groups excluding carboxylic acids is 1. The van der Waals surface area contributed by atoms with Gasteiger partial charge in [0.2, 0.25) is 0 Å². The third-order valence-electron chi connectivity index (χ3n) is 4.66. The molecule has 1 aromatic rings. The van der Waals surface area contributed by atoms with E-state index in [1.807, 2.05) is 31.2 Å². The molecule has 0 aliphatic carbocycles. The Morgan fingerprint density at radius 3 is 1.77 bits per heavy atom. The largest absolute Gasteiger partial charge is 0.543 e. The second kappa shape index (κ2) is 7.96. The first kappa shape index (κ1) is 19.0. The molecule has 0 aliphatic heterocycles. The van der Waals surface area contributed by atoms with Gasteiger partial charge in [0.25, 0.3) is 8.32 Å². The minimum absolute atomic E-state index is 0.217. The number of rotatable bonds is 8. The zero-order chi connectivity index (χ0) is 16.9. The first-order valence-corrected chi connectivity index (χ1v) is 10.7. The van der Waals surface area contributed by atoms with Crippen molar-refractivity contribution in [3.05, 3.63) is 29.8 Å². The summed E-state index contributed by atoms with van der Waals surface area (Å²) >= 11 is 0. The molecule has 0 atom stereocenters. The first-order chi connectivity index (χ1) is 10.3. The molecule has 0 radical (unpaired) electrons. The number of hydrogen-bond donors (Lipinski definition) is 0. The maximum Gasteiger partial charge on any atom is 0.258 e. The van der Waals surface area contributed by atoms with Crippen LogP contribution in [0.25, 0.3) is 0 Å². The van der Waals surface area contributed by atoms with Crippen LogP contribution in [0.4, 0.5) is 0 Å². The molecule has 124 valence electrons. The lowest BCUT2D eigenvalue weighted by Gasteiger charge is -2.42. The highest BCUT2D eigenvalue weighted by Crippen LogP contribution is 2.42. The van der Waals surface area contributed by atoms with E-state index < -0.39 is 8.32 Å². The molecule has 0 saturated heterocycles. The second-order valence-corrected chi connectivity index (χ2v) is 12.5. The van der Waals surface area contributed by atoms with Crippen LogP contribution in [-0.2, 0) is 0 Å². The highest BCUT2D eigenvalue weighted by atomic mass is 28.4. The van der Waals surface area contributed by atoms with Gasteiger partial charge in [0.1, 0.15) is 5.75 Å². The van der Waals surface area contributed by atoms with E-state index in [1.54, 1.807) is 0 Å². The SMILES string of the molecule is CCCC(=O)c1ccc(O[Si](C(C)C)(C(C)C)C(C)C)cc1. The van der Waals surface area contributed by atoms with E-state index in [9.17, 15) is 4.79 Å². The summed E-state index contributed by atoms with van der Waals surface area (Å²) in [5.41, 5.74) is 2.44. The Balaban J connectivity index is 3.03. The van der Waals surface area contributed by atoms with Gasteiger partial charge in [-0.15, -0.1) is 0 Å². The number of benzene rings is 1. The first-order valence-electron chi connectivity index (χ1n) is 8.57. The number of ketones is 1. The summed E-state index contributed by atoms with van der Waals surface area (Å²) in [5.74, 6) is 1.13. The van der Waals surface area contributed by atoms with Crippen molar-refractivity contribution in [3.8, 4) is 5.75 Å². The molecule has 0 heterocycles. The van der Waals surface area contributed by atoms with Crippen LogP contribution >= 0.6 is 0 Å². The van der Waals surface area contributed by atoms with Crippen molar-refractivity contribution in [2.24, 2.45) is 0 Å². The van der Waals surface area contributed by atoms with Crippen LogP contribution in [0, 0.1) is 0 Å². The molecule has 0 aliphatic rings. The van der Waals surface area contributed by atoms with Crippen molar-refractivity contribution in [1.82, 2.24) is 0 Å². The normalized spacial score (nSPS) is 12.3. The molecule has 22 heavy (non-hydrogen) atoms. The fourth-order valence-corrected chi connectivity index (χ4v) is 8.89. The van der Waals surface area contributed by atoms with Crippen LogP contribution < -0.4 is 4.43 Å². The van der Waals surface area contributed by atoms with Crippen LogP contribution in [0.2, 0.25) is 16.6 Å². The Labute approximate surface area is 137 Å². The van der Waals surface area contributed by atoms with Crippen LogP contribution in [0.3, 0.4) is 0 Å². The Kier molecular flexibility index (Phi) is 6.85. The van der Waals surface area contributed by atoms with Gasteiger partial charge in [-0.1, -0.05) is 48.5 Å². The van der Waals surface area contributed by atoms with Gasteiger partial charge in [-0.05, 0) is 47.3 Å². The predicted octanol–water partition coefficient (Wildman–Crippen LogP) is 6.22. The minimum Gasteiger partial charge on any atom is -0.543 e. The molecular weight excluding hydrogens is 288 g/mol. The Morgan fingerprint density at radius 2 is 1.41 bits per heavy atom. The number of carbonyl (C=O) groups is 1. The lowest BCUT2D eigenvalue weighted by molar-refractivity contribution is 0.0981. The third-order valence-corrected chi connectivity index (χ3v) is 10.7. The average Bonchev–Trinajstić information content (AvgIpc) is 2.44. The molecule has 2 nitrogen and oxygen atoms in total. The zero-order valence-electron chi connectivity index (χ0n) is 15.3. The van der Waals surface area contributed by atoms with Crippen molar-refractivity contribution in [3.63, 3.8) is 0 Å². The molecule has 0 aromatic heterocycles. The molecule has 0 N–H and O–H groups in total. The zero-order valence-corrected chi connectivity index (χ0v) is 16.3. The third kappa shape index (κ3) is 4.01. The lowest BCUT2D eigenvalue weighted by Crippen LogP contribution is -2.50. The molecular formula is C19H32O2Si. The van der Waals surface area contributed by atoms with Gasteiger partial charge in [-0.25, -0.2) is 0 Å². The van der Waals surface area contributed by atoms with Gasteiger partial charge in [0, 0.05) is 12.0 Å². The van der Waals surface area contributed by atoms with Crippen LogP contribution in [0.5, 0.6) is 5.75 Å². The van der Waals surface area contributed by atoms with Crippen molar-refractivity contribution in [2.45, 2.75) is 77.9 Å². The molecule has 1 aromatic carbocycles. The summed E-state index contributed by atoms with van der Waals surface area (Å²) in [6.45, 7) is 15.7. The van der Waals surface area contributed by atoms with E-state index in [-0.39, 0.29) is 5.78 Å². The van der Waals surface area contributed by atoms with Crippen LogP contribution in [0.1, 0.15) is 71.7 Å². The molecule has 0 fully saturated rings. The standard InChI is InChI=1S/C19H32O2Si/c1-8-9-19(20)17-10-12-18(13-11-17)21-22(14(2)3,15(4)5)16(6)7/h10-16H,8-9H2,1-7H3. The van der Waals surface area contributed by atoms with Gasteiger partial charge >= 0.3 is 0 Å². The van der Waals surface area contributed by atoms with E-state index in [0.717, 1.165) is 17.7 Å². The Hall–Kier alpha value is -1.09. The van der Waals surface area contributed by atoms with E-state index in [0.29, 0.717) is 23.0 Å². The van der Waals surface area contributed by atoms with E-state index >= 15 is 0 Å². The summed E-state index contributed by atoms with van der Waals surface area (Å²) in [6.07, 6.45) is 1.50. The highest BCUT2D eigenvalue weighted by molar-refractivity contribution is 6.78. The van der Waals surface area contributed by atoms with Crippen LogP contribution in [-0.4, -0.2) is 14.1 Å². The van der Waals surface area contributed by atoms with E-state index in [2.05, 4.69) is 41.5 Å². The van der Waals surface area contributed by atoms with Gasteiger partial charge in [0.15, 0.2) is 5.78 Å². The van der Waals surface area contributed by atoms with E-state index in [4.69, 9.17) is 4.43 Å².